The van der Waals surface area contributed by atoms with Gasteiger partial charge in [0.1, 0.15) is 0 Å². The Kier molecular flexibility index (Phi) is 46.0. The Balaban J connectivity index is -0.0000000300. The highest BCUT2D eigenvalue weighted by molar-refractivity contribution is 7.53. The number of rotatable bonds is 2. The molecule has 0 aliphatic rings. The molecular formula is H16N4O5P2. The SMILES string of the molecule is N.N.N.N.OP(O)OP(O)O. The molecule has 76 valence electrons. The van der Waals surface area contributed by atoms with Crippen molar-refractivity contribution in [1.29, 1.82) is 0 Å². The zero-order valence-electron chi connectivity index (χ0n) is 5.92. The third kappa shape index (κ3) is 37.5. The Hall–Kier alpha value is 0.500. The lowest BCUT2D eigenvalue weighted by molar-refractivity contribution is 0.324. The summed E-state index contributed by atoms with van der Waals surface area (Å²) in [5.41, 5.74) is 0. The lowest BCUT2D eigenvalue weighted by atomic mass is 14.0. The van der Waals surface area contributed by atoms with E-state index in [4.69, 9.17) is 19.6 Å². The molecule has 0 unspecified atom stereocenters. The smallest absolute Gasteiger partial charge is 0.334 e. The molecule has 0 bridgehead atoms. The van der Waals surface area contributed by atoms with E-state index in [0.717, 1.165) is 0 Å². The van der Waals surface area contributed by atoms with Gasteiger partial charge in [0.05, 0.1) is 0 Å². The summed E-state index contributed by atoms with van der Waals surface area (Å²) in [6.45, 7) is 0. The van der Waals surface area contributed by atoms with Crippen LogP contribution in [0.4, 0.5) is 0 Å². The number of hydrogen-bond donors (Lipinski definition) is 8. The molecule has 16 N–H and O–H groups in total. The average molecular weight is 214 g/mol. The normalized spacial score (nSPS) is 7.09. The first kappa shape index (κ1) is 30.0. The summed E-state index contributed by atoms with van der Waals surface area (Å²) in [4.78, 5) is 31.3. The molecule has 0 rings (SSSR count). The topological polar surface area (TPSA) is 230 Å². The minimum atomic E-state index is -2.61. The highest BCUT2D eigenvalue weighted by Crippen LogP contribution is 2.41. The van der Waals surface area contributed by atoms with Crippen LogP contribution in [0, 0.1) is 0 Å². The molecule has 0 aliphatic carbocycles. The molecule has 0 saturated heterocycles. The van der Waals surface area contributed by atoms with Crippen molar-refractivity contribution in [2.45, 2.75) is 0 Å². The van der Waals surface area contributed by atoms with Crippen LogP contribution < -0.4 is 24.6 Å². The maximum Gasteiger partial charge on any atom is 0.334 e. The van der Waals surface area contributed by atoms with Gasteiger partial charge in [0.2, 0.25) is 0 Å². The quantitative estimate of drug-likeness (QED) is 0.290. The Labute approximate surface area is 66.7 Å². The van der Waals surface area contributed by atoms with E-state index in [1.54, 1.807) is 0 Å². The van der Waals surface area contributed by atoms with E-state index in [1.807, 2.05) is 0 Å². The van der Waals surface area contributed by atoms with Crippen LogP contribution in [0.15, 0.2) is 0 Å². The van der Waals surface area contributed by atoms with Crippen LogP contribution >= 0.6 is 17.2 Å². The molecule has 9 nitrogen and oxygen atoms in total. The Bertz CT molecular complexity index is 45.7. The zero-order valence-corrected chi connectivity index (χ0v) is 7.71. The van der Waals surface area contributed by atoms with Gasteiger partial charge in [0.25, 0.3) is 0 Å². The molecule has 0 spiro atoms. The summed E-state index contributed by atoms with van der Waals surface area (Å²) < 4.78 is 3.60. The van der Waals surface area contributed by atoms with E-state index in [-0.39, 0.29) is 24.6 Å². The molecular weight excluding hydrogens is 198 g/mol. The standard InChI is InChI=1S/4H3N.H4O5P2/c;;;;1-6(2)5-7(3)4/h4*1H3;1-4H. The maximum atomic E-state index is 7.82. The van der Waals surface area contributed by atoms with Gasteiger partial charge < -0.3 is 44.2 Å². The van der Waals surface area contributed by atoms with Crippen LogP contribution in [0.3, 0.4) is 0 Å². The predicted molar refractivity (Wildman–Crippen MR) is 43.9 cm³/mol. The largest absolute Gasteiger partial charge is 0.344 e. The molecule has 0 aromatic carbocycles. The Morgan fingerprint density at radius 2 is 0.818 bits per heavy atom. The highest BCUT2D eigenvalue weighted by Gasteiger charge is 2.05. The second-order valence-electron chi connectivity index (χ2n) is 0.587. The van der Waals surface area contributed by atoms with Gasteiger partial charge in [-0.2, -0.15) is 0 Å². The summed E-state index contributed by atoms with van der Waals surface area (Å²) in [5.74, 6) is 0. The average Bonchev–Trinajstić information content (AvgIpc) is 1.27. The van der Waals surface area contributed by atoms with E-state index in [9.17, 15) is 0 Å². The summed E-state index contributed by atoms with van der Waals surface area (Å²) in [7, 11) is -5.22. The van der Waals surface area contributed by atoms with Crippen molar-refractivity contribution < 1.29 is 23.9 Å². The predicted octanol–water partition coefficient (Wildman–Crippen LogP) is 0.0740. The molecule has 0 aliphatic heterocycles. The van der Waals surface area contributed by atoms with Crippen LogP contribution in [0.1, 0.15) is 0 Å². The summed E-state index contributed by atoms with van der Waals surface area (Å²) >= 11 is 0. The van der Waals surface area contributed by atoms with E-state index in [1.165, 1.54) is 0 Å². The molecule has 0 saturated carbocycles. The van der Waals surface area contributed by atoms with Crippen LogP contribution in [-0.4, -0.2) is 19.6 Å². The summed E-state index contributed by atoms with van der Waals surface area (Å²) in [5, 5.41) is 0. The van der Waals surface area contributed by atoms with Crippen LogP contribution in [0.2, 0.25) is 0 Å². The first-order chi connectivity index (χ1) is 3.13. The van der Waals surface area contributed by atoms with E-state index >= 15 is 0 Å². The molecule has 11 heavy (non-hydrogen) atoms. The molecule has 0 aromatic rings. The van der Waals surface area contributed by atoms with Crippen LogP contribution in [0.25, 0.3) is 0 Å². The lowest BCUT2D eigenvalue weighted by Crippen LogP contribution is -1.73. The minimum Gasteiger partial charge on any atom is -0.344 e. The van der Waals surface area contributed by atoms with Crippen LogP contribution in [0.5, 0.6) is 0 Å². The van der Waals surface area contributed by atoms with Crippen molar-refractivity contribution in [1.82, 2.24) is 24.6 Å². The lowest BCUT2D eigenvalue weighted by Gasteiger charge is -2.00. The van der Waals surface area contributed by atoms with Crippen molar-refractivity contribution in [3.8, 4) is 0 Å². The molecule has 0 amide bonds. The van der Waals surface area contributed by atoms with E-state index in [0.29, 0.717) is 0 Å². The van der Waals surface area contributed by atoms with Crippen molar-refractivity contribution in [2.24, 2.45) is 0 Å². The van der Waals surface area contributed by atoms with Gasteiger partial charge >= 0.3 is 17.2 Å². The zero-order chi connectivity index (χ0) is 5.86. The molecule has 0 atom stereocenters. The maximum absolute atomic E-state index is 7.82. The molecule has 0 fully saturated rings. The monoisotopic (exact) mass is 214 g/mol. The highest BCUT2D eigenvalue weighted by atomic mass is 31.2. The summed E-state index contributed by atoms with van der Waals surface area (Å²) in [6, 6.07) is 0. The third-order valence-corrected chi connectivity index (χ3v) is 1.31. The van der Waals surface area contributed by atoms with Gasteiger partial charge in [-0.1, -0.05) is 0 Å². The van der Waals surface area contributed by atoms with Gasteiger partial charge in [-0.25, -0.2) is 4.31 Å². The minimum absolute atomic E-state index is 0. The third-order valence-electron chi connectivity index (χ3n) is 0.146. The fourth-order valence-corrected chi connectivity index (χ4v) is 0.588. The van der Waals surface area contributed by atoms with Crippen molar-refractivity contribution in [3.05, 3.63) is 0 Å². The fourth-order valence-electron chi connectivity index (χ4n) is 0.0653. The van der Waals surface area contributed by atoms with E-state index < -0.39 is 17.2 Å². The van der Waals surface area contributed by atoms with Crippen molar-refractivity contribution >= 4 is 17.2 Å². The molecule has 0 radical (unpaired) electrons. The Morgan fingerprint density at radius 1 is 0.636 bits per heavy atom. The van der Waals surface area contributed by atoms with Crippen molar-refractivity contribution in [2.75, 3.05) is 0 Å². The van der Waals surface area contributed by atoms with Gasteiger partial charge in [-0.05, 0) is 0 Å². The molecule has 11 heteroatoms. The number of hydrogen-bond acceptors (Lipinski definition) is 9. The van der Waals surface area contributed by atoms with Gasteiger partial charge in [0, 0.05) is 0 Å². The van der Waals surface area contributed by atoms with Gasteiger partial charge in [0.15, 0.2) is 0 Å². The summed E-state index contributed by atoms with van der Waals surface area (Å²) in [6.07, 6.45) is 0. The van der Waals surface area contributed by atoms with E-state index in [2.05, 4.69) is 4.31 Å². The molecule has 0 aromatic heterocycles. The first-order valence-electron chi connectivity index (χ1n) is 1.17. The van der Waals surface area contributed by atoms with Crippen molar-refractivity contribution in [3.63, 3.8) is 0 Å². The fraction of sp³-hybridized carbons (Fsp3) is 0. The molecule has 0 heterocycles. The van der Waals surface area contributed by atoms with Crippen LogP contribution in [-0.2, 0) is 4.31 Å². The first-order valence-corrected chi connectivity index (χ1v) is 3.50. The van der Waals surface area contributed by atoms with Gasteiger partial charge in [-0.3, -0.25) is 0 Å². The second-order valence-corrected chi connectivity index (χ2v) is 2.25. The second kappa shape index (κ2) is 16.8. The van der Waals surface area contributed by atoms with Gasteiger partial charge in [-0.15, -0.1) is 0 Å². The Morgan fingerprint density at radius 3 is 0.818 bits per heavy atom.